The van der Waals surface area contributed by atoms with Crippen molar-refractivity contribution in [3.05, 3.63) is 91.0 Å². The third kappa shape index (κ3) is 1.80. The standard InChI is InChI=1S/C22H15N/c1-3-8-16(9-4-1)20-14-18-12-7-13-19-15-21(22(20)23(18)19)17-10-5-2-6-11-17/h1-15H. The van der Waals surface area contributed by atoms with Crippen LogP contribution in [0.5, 0.6) is 0 Å². The molecular formula is C22H15N. The predicted molar refractivity (Wildman–Crippen MR) is 97.0 cm³/mol. The van der Waals surface area contributed by atoms with Crippen LogP contribution in [-0.4, -0.2) is 4.40 Å². The van der Waals surface area contributed by atoms with E-state index in [4.69, 9.17) is 0 Å². The van der Waals surface area contributed by atoms with Gasteiger partial charge in [-0.2, -0.15) is 0 Å². The van der Waals surface area contributed by atoms with Crippen molar-refractivity contribution in [2.24, 2.45) is 0 Å². The molecule has 0 amide bonds. The van der Waals surface area contributed by atoms with E-state index in [-0.39, 0.29) is 0 Å². The summed E-state index contributed by atoms with van der Waals surface area (Å²) in [4.78, 5) is 0. The number of hydrogen-bond acceptors (Lipinski definition) is 0. The van der Waals surface area contributed by atoms with E-state index in [1.165, 1.54) is 38.8 Å². The van der Waals surface area contributed by atoms with Crippen molar-refractivity contribution in [2.75, 3.05) is 0 Å². The molecule has 0 aliphatic heterocycles. The lowest BCUT2D eigenvalue weighted by atomic mass is 10.0. The summed E-state index contributed by atoms with van der Waals surface area (Å²) in [5, 5.41) is 0. The average Bonchev–Trinajstić information content (AvgIpc) is 3.20. The second kappa shape index (κ2) is 4.72. The molecule has 5 aromatic rings. The molecule has 1 nitrogen and oxygen atoms in total. The molecule has 0 atom stereocenters. The second-order valence-electron chi connectivity index (χ2n) is 5.91. The normalized spacial score (nSPS) is 11.5. The topological polar surface area (TPSA) is 4.41 Å². The molecule has 23 heavy (non-hydrogen) atoms. The van der Waals surface area contributed by atoms with Crippen LogP contribution in [0.1, 0.15) is 0 Å². The van der Waals surface area contributed by atoms with Gasteiger partial charge in [0.05, 0.1) is 5.52 Å². The highest BCUT2D eigenvalue weighted by Crippen LogP contribution is 2.39. The molecule has 0 bridgehead atoms. The number of pyridine rings is 1. The van der Waals surface area contributed by atoms with Gasteiger partial charge in [0.15, 0.2) is 0 Å². The highest BCUT2D eigenvalue weighted by Gasteiger charge is 2.16. The lowest BCUT2D eigenvalue weighted by molar-refractivity contribution is 1.35. The third-order valence-electron chi connectivity index (χ3n) is 4.54. The molecule has 108 valence electrons. The Morgan fingerprint density at radius 3 is 1.43 bits per heavy atom. The molecule has 0 unspecified atom stereocenters. The fourth-order valence-corrected chi connectivity index (χ4v) is 3.52. The zero-order valence-electron chi connectivity index (χ0n) is 12.6. The molecule has 0 fully saturated rings. The maximum atomic E-state index is 2.37. The van der Waals surface area contributed by atoms with E-state index < -0.39 is 0 Å². The molecule has 0 radical (unpaired) electrons. The Bertz CT molecular complexity index is 1000. The van der Waals surface area contributed by atoms with Gasteiger partial charge in [-0.25, -0.2) is 0 Å². The minimum atomic E-state index is 1.25. The van der Waals surface area contributed by atoms with Gasteiger partial charge in [-0.3, -0.25) is 0 Å². The third-order valence-corrected chi connectivity index (χ3v) is 4.54. The monoisotopic (exact) mass is 293 g/mol. The van der Waals surface area contributed by atoms with Gasteiger partial charge in [0.1, 0.15) is 0 Å². The number of aromatic nitrogens is 1. The van der Waals surface area contributed by atoms with Crippen LogP contribution < -0.4 is 0 Å². The van der Waals surface area contributed by atoms with Crippen molar-refractivity contribution in [1.82, 2.24) is 4.40 Å². The molecule has 0 spiro atoms. The van der Waals surface area contributed by atoms with Crippen LogP contribution in [0.2, 0.25) is 0 Å². The van der Waals surface area contributed by atoms with Crippen LogP contribution in [0.3, 0.4) is 0 Å². The molecular weight excluding hydrogens is 278 g/mol. The second-order valence-corrected chi connectivity index (χ2v) is 5.91. The predicted octanol–water partition coefficient (Wildman–Crippen LogP) is 5.86. The fourth-order valence-electron chi connectivity index (χ4n) is 3.52. The van der Waals surface area contributed by atoms with Crippen LogP contribution >= 0.6 is 0 Å². The Kier molecular flexibility index (Phi) is 2.56. The summed E-state index contributed by atoms with van der Waals surface area (Å²) in [6, 6.07) is 32.4. The number of hydrogen-bond donors (Lipinski definition) is 0. The van der Waals surface area contributed by atoms with Crippen molar-refractivity contribution < 1.29 is 0 Å². The van der Waals surface area contributed by atoms with E-state index in [0.717, 1.165) is 0 Å². The van der Waals surface area contributed by atoms with Crippen molar-refractivity contribution in [1.29, 1.82) is 0 Å². The summed E-state index contributed by atoms with van der Waals surface area (Å²) in [6.07, 6.45) is 0. The molecule has 3 heterocycles. The molecule has 0 N–H and O–H groups in total. The molecule has 0 saturated carbocycles. The highest BCUT2D eigenvalue weighted by molar-refractivity contribution is 6.01. The summed E-state index contributed by atoms with van der Waals surface area (Å²) in [6.45, 7) is 0. The molecule has 3 aromatic heterocycles. The largest absolute Gasteiger partial charge is 0.309 e. The average molecular weight is 293 g/mol. The van der Waals surface area contributed by atoms with Crippen molar-refractivity contribution >= 4 is 16.6 Å². The quantitative estimate of drug-likeness (QED) is 0.384. The first kappa shape index (κ1) is 12.5. The van der Waals surface area contributed by atoms with Crippen LogP contribution in [0.4, 0.5) is 0 Å². The summed E-state index contributed by atoms with van der Waals surface area (Å²) in [5.41, 5.74) is 8.92. The van der Waals surface area contributed by atoms with Crippen molar-refractivity contribution in [3.8, 4) is 22.3 Å². The van der Waals surface area contributed by atoms with Gasteiger partial charge in [-0.15, -0.1) is 0 Å². The van der Waals surface area contributed by atoms with E-state index in [1.807, 2.05) is 0 Å². The summed E-state index contributed by atoms with van der Waals surface area (Å²) in [5.74, 6) is 0. The highest BCUT2D eigenvalue weighted by atomic mass is 14.9. The maximum absolute atomic E-state index is 2.37. The van der Waals surface area contributed by atoms with E-state index in [2.05, 4.69) is 95.4 Å². The number of benzene rings is 2. The molecule has 0 saturated heterocycles. The minimum absolute atomic E-state index is 1.25. The Balaban J connectivity index is 1.93. The minimum Gasteiger partial charge on any atom is -0.309 e. The van der Waals surface area contributed by atoms with Gasteiger partial charge in [0, 0.05) is 22.2 Å². The first-order valence-corrected chi connectivity index (χ1v) is 7.89. The lowest BCUT2D eigenvalue weighted by Crippen LogP contribution is -1.81. The Morgan fingerprint density at radius 2 is 0.957 bits per heavy atom. The first-order valence-electron chi connectivity index (χ1n) is 7.89. The van der Waals surface area contributed by atoms with Gasteiger partial charge >= 0.3 is 0 Å². The summed E-state index contributed by atoms with van der Waals surface area (Å²) < 4.78 is 2.37. The van der Waals surface area contributed by atoms with Crippen LogP contribution in [-0.2, 0) is 0 Å². The Morgan fingerprint density at radius 1 is 0.478 bits per heavy atom. The SMILES string of the molecule is c1ccc(-c2cc3cccc4cc(-c5ccccc5)c2n34)cc1. The smallest absolute Gasteiger partial charge is 0.0619 e. The number of rotatable bonds is 2. The van der Waals surface area contributed by atoms with Gasteiger partial charge in [0.25, 0.3) is 0 Å². The fraction of sp³-hybridized carbons (Fsp3) is 0. The van der Waals surface area contributed by atoms with Gasteiger partial charge < -0.3 is 4.40 Å². The zero-order valence-corrected chi connectivity index (χ0v) is 12.6. The molecule has 1 heteroatoms. The van der Waals surface area contributed by atoms with Crippen LogP contribution in [0.25, 0.3) is 38.8 Å². The first-order chi connectivity index (χ1) is 11.4. The van der Waals surface area contributed by atoms with E-state index in [0.29, 0.717) is 0 Å². The Labute approximate surface area is 134 Å². The Hall–Kier alpha value is -3.06. The van der Waals surface area contributed by atoms with Crippen LogP contribution in [0.15, 0.2) is 91.0 Å². The summed E-state index contributed by atoms with van der Waals surface area (Å²) in [7, 11) is 0. The van der Waals surface area contributed by atoms with Crippen molar-refractivity contribution in [2.45, 2.75) is 0 Å². The molecule has 2 aromatic carbocycles. The number of nitrogens with zero attached hydrogens (tertiary/aromatic N) is 1. The van der Waals surface area contributed by atoms with E-state index in [9.17, 15) is 0 Å². The zero-order chi connectivity index (χ0) is 15.2. The van der Waals surface area contributed by atoms with Gasteiger partial charge in [0.2, 0.25) is 0 Å². The van der Waals surface area contributed by atoms with Crippen LogP contribution in [0, 0.1) is 0 Å². The molecule has 0 aliphatic carbocycles. The molecule has 0 aliphatic rings. The lowest BCUT2D eigenvalue weighted by Gasteiger charge is -2.03. The van der Waals surface area contributed by atoms with Crippen molar-refractivity contribution in [3.63, 3.8) is 0 Å². The van der Waals surface area contributed by atoms with Gasteiger partial charge in [-0.1, -0.05) is 66.7 Å². The molecule has 5 rings (SSSR count). The van der Waals surface area contributed by atoms with E-state index >= 15 is 0 Å². The summed E-state index contributed by atoms with van der Waals surface area (Å²) >= 11 is 0. The van der Waals surface area contributed by atoms with Gasteiger partial charge in [-0.05, 0) is 35.4 Å². The maximum Gasteiger partial charge on any atom is 0.0619 e. The van der Waals surface area contributed by atoms with E-state index in [1.54, 1.807) is 0 Å².